The molecule has 1 aromatic carbocycles. The molecule has 2 saturated carbocycles. The first kappa shape index (κ1) is 13.5. The zero-order valence-electron chi connectivity index (χ0n) is 12.0. The molecule has 0 bridgehead atoms. The van der Waals surface area contributed by atoms with Gasteiger partial charge in [0, 0.05) is 12.5 Å². The monoisotopic (exact) mass is 271 g/mol. The molecule has 0 aromatic heterocycles. The number of benzene rings is 1. The Labute approximate surface area is 120 Å². The fourth-order valence-electron chi connectivity index (χ4n) is 3.76. The van der Waals surface area contributed by atoms with Crippen molar-refractivity contribution in [2.24, 2.45) is 4.99 Å². The molecule has 0 radical (unpaired) electrons. The lowest BCUT2D eigenvalue weighted by molar-refractivity contribution is 0.170. The second-order valence-electron chi connectivity index (χ2n) is 6.20. The SMILES string of the molecule is COCC1(c2ccccc2C2(N=C=O)CCCC2)CC1. The van der Waals surface area contributed by atoms with Crippen molar-refractivity contribution in [3.63, 3.8) is 0 Å². The molecule has 3 rings (SSSR count). The lowest BCUT2D eigenvalue weighted by Crippen LogP contribution is -2.25. The van der Waals surface area contributed by atoms with Crippen molar-refractivity contribution in [1.29, 1.82) is 0 Å². The van der Waals surface area contributed by atoms with Crippen LogP contribution in [0.2, 0.25) is 0 Å². The number of nitrogens with zero attached hydrogens (tertiary/aromatic N) is 1. The summed E-state index contributed by atoms with van der Waals surface area (Å²) in [6.45, 7) is 0.755. The lowest BCUT2D eigenvalue weighted by Gasteiger charge is -2.29. The first-order chi connectivity index (χ1) is 9.76. The van der Waals surface area contributed by atoms with Crippen LogP contribution in [0.25, 0.3) is 0 Å². The Morgan fingerprint density at radius 1 is 1.15 bits per heavy atom. The molecule has 106 valence electrons. The van der Waals surface area contributed by atoms with Crippen molar-refractivity contribution in [2.75, 3.05) is 13.7 Å². The van der Waals surface area contributed by atoms with Gasteiger partial charge in [0.2, 0.25) is 6.08 Å². The van der Waals surface area contributed by atoms with Crippen molar-refractivity contribution >= 4 is 6.08 Å². The van der Waals surface area contributed by atoms with Crippen molar-refractivity contribution in [1.82, 2.24) is 0 Å². The van der Waals surface area contributed by atoms with Gasteiger partial charge in [-0.05, 0) is 36.8 Å². The maximum Gasteiger partial charge on any atom is 0.235 e. The van der Waals surface area contributed by atoms with Gasteiger partial charge in [-0.1, -0.05) is 37.1 Å². The van der Waals surface area contributed by atoms with E-state index in [9.17, 15) is 4.79 Å². The van der Waals surface area contributed by atoms with Gasteiger partial charge in [-0.2, -0.15) is 4.99 Å². The molecule has 0 unspecified atom stereocenters. The summed E-state index contributed by atoms with van der Waals surface area (Å²) in [6.07, 6.45) is 8.35. The number of rotatable bonds is 5. The summed E-state index contributed by atoms with van der Waals surface area (Å²) in [6, 6.07) is 8.49. The average Bonchev–Trinajstić information content (AvgIpc) is 3.10. The summed E-state index contributed by atoms with van der Waals surface area (Å²) in [4.78, 5) is 15.2. The van der Waals surface area contributed by atoms with Crippen LogP contribution in [0.4, 0.5) is 0 Å². The van der Waals surface area contributed by atoms with Crippen LogP contribution < -0.4 is 0 Å². The Bertz CT molecular complexity index is 536. The van der Waals surface area contributed by atoms with E-state index in [2.05, 4.69) is 29.3 Å². The number of carbonyl (C=O) groups excluding carboxylic acids is 1. The van der Waals surface area contributed by atoms with Gasteiger partial charge < -0.3 is 4.74 Å². The third kappa shape index (κ3) is 2.11. The molecule has 0 heterocycles. The molecular weight excluding hydrogens is 250 g/mol. The van der Waals surface area contributed by atoms with Crippen LogP contribution >= 0.6 is 0 Å². The zero-order chi connectivity index (χ0) is 14.1. The summed E-state index contributed by atoms with van der Waals surface area (Å²) in [5.41, 5.74) is 2.39. The van der Waals surface area contributed by atoms with Gasteiger partial charge in [0.15, 0.2) is 0 Å². The molecule has 0 atom stereocenters. The van der Waals surface area contributed by atoms with E-state index in [1.54, 1.807) is 7.11 Å². The Balaban J connectivity index is 2.08. The number of aliphatic imine (C=N–C) groups is 1. The smallest absolute Gasteiger partial charge is 0.235 e. The van der Waals surface area contributed by atoms with E-state index < -0.39 is 0 Å². The average molecular weight is 271 g/mol. The second kappa shape index (κ2) is 5.16. The van der Waals surface area contributed by atoms with Crippen LogP contribution in [-0.2, 0) is 20.5 Å². The van der Waals surface area contributed by atoms with Gasteiger partial charge >= 0.3 is 0 Å². The predicted octanol–water partition coefficient (Wildman–Crippen LogP) is 3.47. The highest BCUT2D eigenvalue weighted by Gasteiger charge is 2.49. The standard InChI is InChI=1S/C17H21NO2/c1-20-12-16(10-11-16)14-6-2-3-7-15(14)17(18-13-19)8-4-5-9-17/h2-3,6-7H,4-5,8-12H2,1H3. The Morgan fingerprint density at radius 3 is 2.35 bits per heavy atom. The van der Waals surface area contributed by atoms with Crippen LogP contribution in [0.3, 0.4) is 0 Å². The predicted molar refractivity (Wildman–Crippen MR) is 77.5 cm³/mol. The van der Waals surface area contributed by atoms with E-state index in [4.69, 9.17) is 4.74 Å². The van der Waals surface area contributed by atoms with Gasteiger partial charge in [-0.25, -0.2) is 4.79 Å². The maximum absolute atomic E-state index is 10.9. The van der Waals surface area contributed by atoms with Gasteiger partial charge in [0.05, 0.1) is 12.1 Å². The van der Waals surface area contributed by atoms with Crippen LogP contribution in [0.15, 0.2) is 29.3 Å². The van der Waals surface area contributed by atoms with Crippen molar-refractivity contribution in [2.45, 2.75) is 49.5 Å². The lowest BCUT2D eigenvalue weighted by atomic mass is 9.80. The summed E-state index contributed by atoms with van der Waals surface area (Å²) >= 11 is 0. The molecule has 1 aromatic rings. The molecule has 0 aliphatic heterocycles. The number of methoxy groups -OCH3 is 1. The zero-order valence-corrected chi connectivity index (χ0v) is 12.0. The minimum atomic E-state index is -0.332. The van der Waals surface area contributed by atoms with E-state index in [1.165, 1.54) is 24.0 Å². The van der Waals surface area contributed by atoms with Crippen LogP contribution in [-0.4, -0.2) is 19.8 Å². The second-order valence-corrected chi connectivity index (χ2v) is 6.20. The summed E-state index contributed by atoms with van der Waals surface area (Å²) in [5, 5.41) is 0. The number of ether oxygens (including phenoxy) is 1. The highest BCUT2D eigenvalue weighted by atomic mass is 16.5. The third-order valence-electron chi connectivity index (χ3n) is 4.96. The molecule has 0 spiro atoms. The van der Waals surface area contributed by atoms with Gasteiger partial charge in [-0.3, -0.25) is 0 Å². The molecule has 3 heteroatoms. The Kier molecular flexibility index (Phi) is 3.49. The van der Waals surface area contributed by atoms with E-state index in [1.807, 2.05) is 6.08 Å². The molecule has 0 amide bonds. The molecule has 20 heavy (non-hydrogen) atoms. The van der Waals surface area contributed by atoms with Crippen LogP contribution in [0, 0.1) is 0 Å². The van der Waals surface area contributed by atoms with Crippen molar-refractivity contribution in [3.05, 3.63) is 35.4 Å². The third-order valence-corrected chi connectivity index (χ3v) is 4.96. The van der Waals surface area contributed by atoms with E-state index in [0.29, 0.717) is 0 Å². The van der Waals surface area contributed by atoms with Gasteiger partial charge in [0.1, 0.15) is 0 Å². The minimum absolute atomic E-state index is 0.152. The summed E-state index contributed by atoms with van der Waals surface area (Å²) in [7, 11) is 1.76. The topological polar surface area (TPSA) is 38.7 Å². The number of hydrogen-bond acceptors (Lipinski definition) is 3. The molecular formula is C17H21NO2. The Hall–Kier alpha value is -1.44. The Morgan fingerprint density at radius 2 is 1.80 bits per heavy atom. The quantitative estimate of drug-likeness (QED) is 0.607. The van der Waals surface area contributed by atoms with Gasteiger partial charge in [0.25, 0.3) is 0 Å². The first-order valence-electron chi connectivity index (χ1n) is 7.44. The van der Waals surface area contributed by atoms with E-state index >= 15 is 0 Å². The molecule has 2 aliphatic rings. The summed E-state index contributed by atoms with van der Waals surface area (Å²) < 4.78 is 5.43. The van der Waals surface area contributed by atoms with Gasteiger partial charge in [-0.15, -0.1) is 0 Å². The maximum atomic E-state index is 10.9. The molecule has 0 saturated heterocycles. The van der Waals surface area contributed by atoms with Crippen LogP contribution in [0.5, 0.6) is 0 Å². The highest BCUT2D eigenvalue weighted by molar-refractivity contribution is 5.46. The van der Waals surface area contributed by atoms with Crippen LogP contribution in [0.1, 0.15) is 49.7 Å². The number of hydrogen-bond donors (Lipinski definition) is 0. The molecule has 0 N–H and O–H groups in total. The largest absolute Gasteiger partial charge is 0.384 e. The van der Waals surface area contributed by atoms with Crippen molar-refractivity contribution in [3.8, 4) is 0 Å². The first-order valence-corrected chi connectivity index (χ1v) is 7.44. The molecule has 2 fully saturated rings. The van der Waals surface area contributed by atoms with E-state index in [0.717, 1.165) is 32.3 Å². The molecule has 3 nitrogen and oxygen atoms in total. The highest BCUT2D eigenvalue weighted by Crippen LogP contribution is 2.53. The fraction of sp³-hybridized carbons (Fsp3) is 0.588. The minimum Gasteiger partial charge on any atom is -0.384 e. The normalized spacial score (nSPS) is 22.2. The van der Waals surface area contributed by atoms with E-state index in [-0.39, 0.29) is 11.0 Å². The number of isocyanates is 1. The fourth-order valence-corrected chi connectivity index (χ4v) is 3.76. The van der Waals surface area contributed by atoms with Crippen molar-refractivity contribution < 1.29 is 9.53 Å². The molecule has 2 aliphatic carbocycles. The summed E-state index contributed by atoms with van der Waals surface area (Å²) in [5.74, 6) is 0.